The summed E-state index contributed by atoms with van der Waals surface area (Å²) in [5.74, 6) is 0.836. The molecule has 0 amide bonds. The molecule has 0 spiro atoms. The maximum absolute atomic E-state index is 5.56. The lowest BCUT2D eigenvalue weighted by Crippen LogP contribution is -1.95. The second-order valence-electron chi connectivity index (χ2n) is 4.12. The van der Waals surface area contributed by atoms with Crippen molar-refractivity contribution in [2.24, 2.45) is 5.73 Å². The Hall–Kier alpha value is -1.81. The van der Waals surface area contributed by atoms with Gasteiger partial charge in [-0.25, -0.2) is 0 Å². The summed E-state index contributed by atoms with van der Waals surface area (Å²) in [6.07, 6.45) is 0. The molecule has 1 heterocycles. The highest BCUT2D eigenvalue weighted by Crippen LogP contribution is 2.31. The van der Waals surface area contributed by atoms with Gasteiger partial charge in [-0.3, -0.25) is 5.10 Å². The second kappa shape index (κ2) is 4.59. The fourth-order valence-corrected chi connectivity index (χ4v) is 1.76. The van der Waals surface area contributed by atoms with Crippen molar-refractivity contribution in [1.82, 2.24) is 10.2 Å². The molecule has 0 radical (unpaired) electrons. The van der Waals surface area contributed by atoms with Gasteiger partial charge < -0.3 is 10.5 Å². The largest absolute Gasteiger partial charge is 0.496 e. The number of methoxy groups -OCH3 is 1. The average molecular weight is 231 g/mol. The third kappa shape index (κ3) is 2.17. The summed E-state index contributed by atoms with van der Waals surface area (Å²) < 4.78 is 5.39. The van der Waals surface area contributed by atoms with E-state index in [9.17, 15) is 0 Å². The molecule has 1 aromatic heterocycles. The number of benzene rings is 1. The number of ether oxygens (including phenoxy) is 1. The van der Waals surface area contributed by atoms with E-state index in [1.54, 1.807) is 7.11 Å². The maximum atomic E-state index is 5.56. The molecular formula is C13H17N3O. The van der Waals surface area contributed by atoms with E-state index in [1.807, 2.05) is 12.1 Å². The first-order valence-corrected chi connectivity index (χ1v) is 5.55. The Labute approximate surface area is 101 Å². The fraction of sp³-hybridized carbons (Fsp3) is 0.308. The van der Waals surface area contributed by atoms with Gasteiger partial charge in [-0.2, -0.15) is 5.10 Å². The average Bonchev–Trinajstić information content (AvgIpc) is 2.80. The van der Waals surface area contributed by atoms with Gasteiger partial charge in [0.25, 0.3) is 0 Å². The first-order chi connectivity index (χ1) is 8.15. The molecule has 0 atom stereocenters. The highest BCUT2D eigenvalue weighted by molar-refractivity contribution is 5.69. The van der Waals surface area contributed by atoms with Gasteiger partial charge in [0, 0.05) is 17.8 Å². The number of H-pyrrole nitrogens is 1. The van der Waals surface area contributed by atoms with Crippen LogP contribution in [0.3, 0.4) is 0 Å². The molecule has 17 heavy (non-hydrogen) atoms. The molecular weight excluding hydrogens is 214 g/mol. The van der Waals surface area contributed by atoms with Gasteiger partial charge >= 0.3 is 0 Å². The first kappa shape index (κ1) is 11.7. The number of rotatable bonds is 3. The Morgan fingerprint density at radius 1 is 1.24 bits per heavy atom. The van der Waals surface area contributed by atoms with E-state index >= 15 is 0 Å². The molecule has 0 bridgehead atoms. The number of aryl methyl sites for hydroxylation is 2. The highest BCUT2D eigenvalue weighted by atomic mass is 16.5. The number of hydrogen-bond acceptors (Lipinski definition) is 3. The summed E-state index contributed by atoms with van der Waals surface area (Å²) in [6.45, 7) is 4.60. The van der Waals surface area contributed by atoms with Gasteiger partial charge in [-0.05, 0) is 43.2 Å². The lowest BCUT2D eigenvalue weighted by atomic mass is 10.0. The maximum Gasteiger partial charge on any atom is 0.128 e. The summed E-state index contributed by atoms with van der Waals surface area (Å²) in [6, 6.07) is 6.07. The number of nitrogens with one attached hydrogen (secondary N) is 1. The topological polar surface area (TPSA) is 63.9 Å². The van der Waals surface area contributed by atoms with Crippen molar-refractivity contribution >= 4 is 0 Å². The molecule has 3 N–H and O–H groups in total. The predicted octanol–water partition coefficient (Wildman–Crippen LogP) is 2.16. The van der Waals surface area contributed by atoms with Crippen molar-refractivity contribution in [1.29, 1.82) is 0 Å². The molecule has 2 rings (SSSR count). The van der Waals surface area contributed by atoms with Crippen LogP contribution in [-0.4, -0.2) is 17.3 Å². The van der Waals surface area contributed by atoms with Crippen molar-refractivity contribution in [2.75, 3.05) is 7.11 Å². The predicted molar refractivity (Wildman–Crippen MR) is 67.9 cm³/mol. The summed E-state index contributed by atoms with van der Waals surface area (Å²) in [7, 11) is 1.67. The molecule has 4 heteroatoms. The fourth-order valence-electron chi connectivity index (χ4n) is 1.76. The van der Waals surface area contributed by atoms with Crippen molar-refractivity contribution in [3.05, 3.63) is 35.0 Å². The third-order valence-electron chi connectivity index (χ3n) is 2.94. The van der Waals surface area contributed by atoms with Gasteiger partial charge in [0.2, 0.25) is 0 Å². The lowest BCUT2D eigenvalue weighted by molar-refractivity contribution is 0.416. The van der Waals surface area contributed by atoms with Crippen molar-refractivity contribution in [3.63, 3.8) is 0 Å². The summed E-state index contributed by atoms with van der Waals surface area (Å²) in [5, 5.41) is 7.16. The minimum absolute atomic E-state index is 0.458. The van der Waals surface area contributed by atoms with Crippen LogP contribution in [0.25, 0.3) is 11.3 Å². The van der Waals surface area contributed by atoms with Crippen LogP contribution in [0, 0.1) is 13.8 Å². The van der Waals surface area contributed by atoms with Gasteiger partial charge in [0.1, 0.15) is 5.75 Å². The van der Waals surface area contributed by atoms with Gasteiger partial charge in [-0.15, -0.1) is 0 Å². The molecule has 90 valence electrons. The number of aromatic nitrogens is 2. The smallest absolute Gasteiger partial charge is 0.128 e. The molecule has 4 nitrogen and oxygen atoms in total. The second-order valence-corrected chi connectivity index (χ2v) is 4.12. The van der Waals surface area contributed by atoms with Crippen LogP contribution in [0.4, 0.5) is 0 Å². The van der Waals surface area contributed by atoms with Crippen LogP contribution in [0.1, 0.15) is 16.8 Å². The van der Waals surface area contributed by atoms with E-state index in [-0.39, 0.29) is 0 Å². The molecule has 0 saturated carbocycles. The molecule has 0 saturated heterocycles. The minimum atomic E-state index is 0.458. The number of nitrogens with zero attached hydrogens (tertiary/aromatic N) is 1. The van der Waals surface area contributed by atoms with Gasteiger partial charge in [0.05, 0.1) is 12.8 Å². The molecule has 0 unspecified atom stereocenters. The van der Waals surface area contributed by atoms with Crippen LogP contribution in [0.15, 0.2) is 18.2 Å². The summed E-state index contributed by atoms with van der Waals surface area (Å²) in [5.41, 5.74) is 10.8. The molecule has 2 aromatic rings. The molecule has 1 aromatic carbocycles. The van der Waals surface area contributed by atoms with Crippen molar-refractivity contribution < 1.29 is 4.74 Å². The third-order valence-corrected chi connectivity index (χ3v) is 2.94. The number of nitrogens with two attached hydrogens (primary N) is 1. The summed E-state index contributed by atoms with van der Waals surface area (Å²) in [4.78, 5) is 0. The van der Waals surface area contributed by atoms with E-state index in [0.717, 1.165) is 22.7 Å². The standard InChI is InChI=1S/C13H17N3O/c1-8-4-11(13(17-3)5-9(8)2)12-6-10(7-14)15-16-12/h4-6H,7,14H2,1-3H3,(H,15,16). The first-order valence-electron chi connectivity index (χ1n) is 5.55. The van der Waals surface area contributed by atoms with E-state index in [1.165, 1.54) is 11.1 Å². The zero-order valence-corrected chi connectivity index (χ0v) is 10.4. The van der Waals surface area contributed by atoms with E-state index < -0.39 is 0 Å². The Morgan fingerprint density at radius 2 is 1.94 bits per heavy atom. The number of aromatic amines is 1. The molecule has 0 aliphatic carbocycles. The van der Waals surface area contributed by atoms with Gasteiger partial charge in [0.15, 0.2) is 0 Å². The van der Waals surface area contributed by atoms with E-state index in [4.69, 9.17) is 10.5 Å². The number of hydrogen-bond donors (Lipinski definition) is 2. The highest BCUT2D eigenvalue weighted by Gasteiger charge is 2.11. The zero-order valence-electron chi connectivity index (χ0n) is 10.4. The Balaban J connectivity index is 2.53. The van der Waals surface area contributed by atoms with Crippen LogP contribution in [-0.2, 0) is 6.54 Å². The monoisotopic (exact) mass is 231 g/mol. The van der Waals surface area contributed by atoms with Crippen LogP contribution in [0.2, 0.25) is 0 Å². The van der Waals surface area contributed by atoms with Crippen LogP contribution in [0.5, 0.6) is 5.75 Å². The van der Waals surface area contributed by atoms with Crippen LogP contribution >= 0.6 is 0 Å². The van der Waals surface area contributed by atoms with Gasteiger partial charge in [-0.1, -0.05) is 0 Å². The Morgan fingerprint density at radius 3 is 2.53 bits per heavy atom. The molecule has 0 fully saturated rings. The molecule has 0 aliphatic rings. The Kier molecular flexibility index (Phi) is 3.15. The lowest BCUT2D eigenvalue weighted by Gasteiger charge is -2.09. The summed E-state index contributed by atoms with van der Waals surface area (Å²) >= 11 is 0. The Bertz CT molecular complexity index is 531. The van der Waals surface area contributed by atoms with Crippen molar-refractivity contribution in [2.45, 2.75) is 20.4 Å². The normalized spacial score (nSPS) is 10.6. The minimum Gasteiger partial charge on any atom is -0.496 e. The molecule has 0 aliphatic heterocycles. The SMILES string of the molecule is COc1cc(C)c(C)cc1-c1cc(CN)[nH]n1. The van der Waals surface area contributed by atoms with E-state index in [0.29, 0.717) is 6.54 Å². The van der Waals surface area contributed by atoms with Crippen molar-refractivity contribution in [3.8, 4) is 17.0 Å². The van der Waals surface area contributed by atoms with Crippen LogP contribution < -0.4 is 10.5 Å². The zero-order chi connectivity index (χ0) is 12.4. The quantitative estimate of drug-likeness (QED) is 0.850. The van der Waals surface area contributed by atoms with E-state index in [2.05, 4.69) is 30.1 Å².